The molecule has 18 heteroatoms. The Labute approximate surface area is 230 Å². The minimum absolute atomic E-state index is 0.0961. The van der Waals surface area contributed by atoms with Gasteiger partial charge >= 0.3 is 23.8 Å². The number of aromatic nitrogens is 2. The molecule has 1 fully saturated rings. The quantitative estimate of drug-likeness (QED) is 0.228. The highest BCUT2D eigenvalue weighted by Crippen LogP contribution is 2.33. The Hall–Kier alpha value is -5.39. The van der Waals surface area contributed by atoms with Crippen molar-refractivity contribution in [1.29, 1.82) is 0 Å². The van der Waals surface area contributed by atoms with Gasteiger partial charge in [0.25, 0.3) is 16.9 Å². The largest absolute Gasteiger partial charge is 0.459 e. The van der Waals surface area contributed by atoms with Gasteiger partial charge in [0.05, 0.1) is 21.0 Å². The van der Waals surface area contributed by atoms with Gasteiger partial charge in [-0.3, -0.25) is 34.6 Å². The first-order chi connectivity index (χ1) is 19.7. The number of nitrogens with one attached hydrogen (secondary N) is 1. The molecule has 0 aliphatic carbocycles. The first kappa shape index (κ1) is 29.6. The van der Waals surface area contributed by atoms with Gasteiger partial charge in [-0.1, -0.05) is 0 Å². The third-order valence-corrected chi connectivity index (χ3v) is 6.03. The Balaban J connectivity index is 1.57. The molecule has 42 heavy (non-hydrogen) atoms. The highest BCUT2D eigenvalue weighted by molar-refractivity contribution is 5.90. The second-order valence-electron chi connectivity index (χ2n) is 8.72. The van der Waals surface area contributed by atoms with Crippen LogP contribution in [0.4, 0.5) is 24.5 Å². The van der Waals surface area contributed by atoms with Gasteiger partial charge in [0, 0.05) is 36.9 Å². The van der Waals surface area contributed by atoms with Gasteiger partial charge in [-0.15, -0.1) is 0 Å². The molecule has 3 aromatic rings. The van der Waals surface area contributed by atoms with Crippen molar-refractivity contribution >= 4 is 23.3 Å². The van der Waals surface area contributed by atoms with Gasteiger partial charge in [0.2, 0.25) is 0 Å². The lowest BCUT2D eigenvalue weighted by Crippen LogP contribution is -2.36. The SMILES string of the molecule is O=C(OC[C@@H]1O[C@@H](n2cc(C(F)(F)F)c(=O)[nH]c2=O)C[C@@H]1OC(=O)c1ccc([N+](=O)[O-])cc1)c1ccc([N+](=O)[O-])cc1. The van der Waals surface area contributed by atoms with Crippen molar-refractivity contribution in [2.75, 3.05) is 6.61 Å². The lowest BCUT2D eigenvalue weighted by atomic mass is 10.1. The van der Waals surface area contributed by atoms with Crippen LogP contribution in [0.15, 0.2) is 64.3 Å². The molecule has 1 saturated heterocycles. The molecule has 1 N–H and O–H groups in total. The van der Waals surface area contributed by atoms with Crippen molar-refractivity contribution in [3.63, 3.8) is 0 Å². The topological polar surface area (TPSA) is 203 Å². The predicted octanol–water partition coefficient (Wildman–Crippen LogP) is 2.74. The Morgan fingerprint density at radius 3 is 1.98 bits per heavy atom. The minimum Gasteiger partial charge on any atom is -0.459 e. The molecule has 2 aromatic carbocycles. The average molecular weight is 594 g/mol. The third kappa shape index (κ3) is 6.49. The van der Waals surface area contributed by atoms with E-state index in [9.17, 15) is 52.6 Å². The molecule has 3 atom stereocenters. The molecule has 2 heterocycles. The third-order valence-electron chi connectivity index (χ3n) is 6.03. The minimum atomic E-state index is -5.12. The van der Waals surface area contributed by atoms with Crippen molar-refractivity contribution in [2.24, 2.45) is 0 Å². The average Bonchev–Trinajstić information content (AvgIpc) is 3.32. The fraction of sp³-hybridized carbons (Fsp3) is 0.250. The number of hydrogen-bond donors (Lipinski definition) is 1. The number of carbonyl (C=O) groups is 2. The normalized spacial score (nSPS) is 18.3. The van der Waals surface area contributed by atoms with Crippen molar-refractivity contribution < 1.29 is 46.8 Å². The summed E-state index contributed by atoms with van der Waals surface area (Å²) < 4.78 is 56.5. The molecular weight excluding hydrogens is 577 g/mol. The Bertz CT molecular complexity index is 1650. The fourth-order valence-corrected chi connectivity index (χ4v) is 3.93. The molecule has 0 bridgehead atoms. The maximum absolute atomic E-state index is 13.3. The number of nitro benzene ring substituents is 2. The maximum Gasteiger partial charge on any atom is 0.423 e. The number of benzene rings is 2. The summed E-state index contributed by atoms with van der Waals surface area (Å²) in [5.41, 5.74) is -5.48. The molecular formula is C24H17F3N4O11. The summed E-state index contributed by atoms with van der Waals surface area (Å²) in [4.78, 5) is 71.1. The van der Waals surface area contributed by atoms with Crippen LogP contribution in [0.25, 0.3) is 0 Å². The second-order valence-corrected chi connectivity index (χ2v) is 8.72. The molecule has 0 unspecified atom stereocenters. The maximum atomic E-state index is 13.3. The zero-order chi connectivity index (χ0) is 30.8. The van der Waals surface area contributed by atoms with Gasteiger partial charge in [0.1, 0.15) is 30.6 Å². The first-order valence-corrected chi connectivity index (χ1v) is 11.7. The van der Waals surface area contributed by atoms with Crippen molar-refractivity contribution in [3.05, 3.63) is 112 Å². The highest BCUT2D eigenvalue weighted by Gasteiger charge is 2.42. The Morgan fingerprint density at radius 1 is 0.952 bits per heavy atom. The molecule has 1 aliphatic heterocycles. The zero-order valence-electron chi connectivity index (χ0n) is 20.8. The number of H-pyrrole nitrogens is 1. The molecule has 0 saturated carbocycles. The fourth-order valence-electron chi connectivity index (χ4n) is 3.93. The molecule has 15 nitrogen and oxygen atoms in total. The molecule has 4 rings (SSSR count). The molecule has 1 aromatic heterocycles. The van der Waals surface area contributed by atoms with Crippen LogP contribution in [-0.4, -0.2) is 50.2 Å². The number of non-ortho nitro benzene ring substituents is 2. The van der Waals surface area contributed by atoms with Gasteiger partial charge in [-0.05, 0) is 24.3 Å². The molecule has 1 aliphatic rings. The summed E-state index contributed by atoms with van der Waals surface area (Å²) >= 11 is 0. The number of nitrogens with zero attached hydrogens (tertiary/aromatic N) is 3. The van der Waals surface area contributed by atoms with E-state index in [0.29, 0.717) is 4.57 Å². The van der Waals surface area contributed by atoms with E-state index in [1.54, 1.807) is 4.98 Å². The Kier molecular flexibility index (Phi) is 8.18. The van der Waals surface area contributed by atoms with Crippen LogP contribution in [0.1, 0.15) is 38.9 Å². The standard InChI is InChI=1S/C24H17F3N4O11/c25-24(26,27)16-10-29(23(35)28-20(16)32)19-9-17(42-22(34)13-3-7-15(8-4-13)31(38)39)18(41-19)11-40-21(33)12-1-5-14(6-2-12)30(36)37/h1-8,10,17-19H,9,11H2,(H,28,32,35)/t17-,18-,19+/m0/s1. The number of halogens is 3. The van der Waals surface area contributed by atoms with Crippen LogP contribution in [-0.2, 0) is 20.4 Å². The number of nitro groups is 2. The van der Waals surface area contributed by atoms with Crippen molar-refractivity contribution in [3.8, 4) is 0 Å². The highest BCUT2D eigenvalue weighted by atomic mass is 19.4. The van der Waals surface area contributed by atoms with Crippen LogP contribution < -0.4 is 11.2 Å². The predicted molar refractivity (Wildman–Crippen MR) is 131 cm³/mol. The molecule has 0 spiro atoms. The number of hydrogen-bond acceptors (Lipinski definition) is 11. The van der Waals surface area contributed by atoms with E-state index < -0.39 is 76.2 Å². The van der Waals surface area contributed by atoms with Gasteiger partial charge in [-0.2, -0.15) is 13.2 Å². The second kappa shape index (κ2) is 11.6. The smallest absolute Gasteiger partial charge is 0.423 e. The summed E-state index contributed by atoms with van der Waals surface area (Å²) in [5, 5.41) is 21.7. The van der Waals surface area contributed by atoms with Gasteiger partial charge < -0.3 is 14.2 Å². The number of alkyl halides is 3. The lowest BCUT2D eigenvalue weighted by Gasteiger charge is -2.19. The van der Waals surface area contributed by atoms with Crippen LogP contribution >= 0.6 is 0 Å². The monoisotopic (exact) mass is 594 g/mol. The first-order valence-electron chi connectivity index (χ1n) is 11.7. The van der Waals surface area contributed by atoms with E-state index in [4.69, 9.17) is 14.2 Å². The van der Waals surface area contributed by atoms with E-state index in [-0.39, 0.29) is 28.7 Å². The van der Waals surface area contributed by atoms with Crippen LogP contribution in [0.2, 0.25) is 0 Å². The van der Waals surface area contributed by atoms with E-state index >= 15 is 0 Å². The summed E-state index contributed by atoms with van der Waals surface area (Å²) in [6.45, 7) is -0.644. The van der Waals surface area contributed by atoms with E-state index in [1.807, 2.05) is 0 Å². The van der Waals surface area contributed by atoms with Crippen molar-refractivity contribution in [2.45, 2.75) is 31.0 Å². The summed E-state index contributed by atoms with van der Waals surface area (Å²) in [7, 11) is 0. The zero-order valence-corrected chi connectivity index (χ0v) is 20.8. The Morgan fingerprint density at radius 2 is 1.48 bits per heavy atom. The molecule has 0 radical (unpaired) electrons. The van der Waals surface area contributed by atoms with Gasteiger partial charge in [0.15, 0.2) is 0 Å². The molecule has 0 amide bonds. The number of ether oxygens (including phenoxy) is 3. The summed E-state index contributed by atoms with van der Waals surface area (Å²) in [5.74, 6) is -1.99. The number of carbonyl (C=O) groups excluding carboxylic acids is 2. The van der Waals surface area contributed by atoms with E-state index in [0.717, 1.165) is 48.5 Å². The summed E-state index contributed by atoms with van der Waals surface area (Å²) in [6, 6.07) is 8.59. The van der Waals surface area contributed by atoms with Crippen LogP contribution in [0.5, 0.6) is 0 Å². The van der Waals surface area contributed by atoms with Crippen LogP contribution in [0.3, 0.4) is 0 Å². The lowest BCUT2D eigenvalue weighted by molar-refractivity contribution is -0.385. The number of aromatic amines is 1. The van der Waals surface area contributed by atoms with Crippen molar-refractivity contribution in [1.82, 2.24) is 9.55 Å². The van der Waals surface area contributed by atoms with Gasteiger partial charge in [-0.25, -0.2) is 14.4 Å². The van der Waals surface area contributed by atoms with Crippen LogP contribution in [0, 0.1) is 20.2 Å². The van der Waals surface area contributed by atoms with E-state index in [2.05, 4.69) is 0 Å². The molecule has 220 valence electrons. The van der Waals surface area contributed by atoms with E-state index in [1.165, 1.54) is 0 Å². The number of esters is 2. The summed E-state index contributed by atoms with van der Waals surface area (Å²) in [6.07, 6.45) is -9.49. The number of rotatable bonds is 8.